The third-order valence-electron chi connectivity index (χ3n) is 0.928. The van der Waals surface area contributed by atoms with E-state index in [1.807, 2.05) is 0 Å². The lowest BCUT2D eigenvalue weighted by Crippen LogP contribution is -2.11. The van der Waals surface area contributed by atoms with Gasteiger partial charge in [-0.25, -0.2) is 16.8 Å². The van der Waals surface area contributed by atoms with Crippen molar-refractivity contribution in [1.29, 1.82) is 0 Å². The van der Waals surface area contributed by atoms with Crippen molar-refractivity contribution < 1.29 is 16.8 Å². The molecule has 0 unspecified atom stereocenters. The van der Waals surface area contributed by atoms with Gasteiger partial charge in [-0.2, -0.15) is 0 Å². The van der Waals surface area contributed by atoms with Gasteiger partial charge in [0.25, 0.3) is 0 Å². The Balaban J connectivity index is 3.79. The van der Waals surface area contributed by atoms with Crippen LogP contribution in [0.2, 0.25) is 0 Å². The lowest BCUT2D eigenvalue weighted by Gasteiger charge is -1.95. The molecule has 11 heavy (non-hydrogen) atoms. The van der Waals surface area contributed by atoms with Gasteiger partial charge in [0.05, 0.1) is 11.5 Å². The molecule has 0 fully saturated rings. The Labute approximate surface area is 66.6 Å². The third kappa shape index (κ3) is 9.86. The zero-order valence-electron chi connectivity index (χ0n) is 6.07. The molecule has 0 aromatic heterocycles. The van der Waals surface area contributed by atoms with Crippen molar-refractivity contribution >= 4 is 19.9 Å². The Morgan fingerprint density at radius 1 is 1.09 bits per heavy atom. The standard InChI is InChI=1S/C4H10NO4S2/c1-10(6,7)3-2-4-11(5,8)9/h5H,2-4H2,1H3. The van der Waals surface area contributed by atoms with Crippen molar-refractivity contribution in [2.24, 2.45) is 0 Å². The molecule has 7 heteroatoms. The fraction of sp³-hybridized carbons (Fsp3) is 1.00. The van der Waals surface area contributed by atoms with Crippen LogP contribution in [0.15, 0.2) is 0 Å². The maximum Gasteiger partial charge on any atom is 0.225 e. The number of sulfone groups is 1. The second kappa shape index (κ2) is 3.51. The van der Waals surface area contributed by atoms with E-state index in [9.17, 15) is 16.8 Å². The summed E-state index contributed by atoms with van der Waals surface area (Å²) in [5, 5.41) is 6.42. The van der Waals surface area contributed by atoms with Gasteiger partial charge in [0, 0.05) is 6.26 Å². The summed E-state index contributed by atoms with van der Waals surface area (Å²) in [5.41, 5.74) is 0. The molecule has 0 aromatic rings. The molecule has 0 heterocycles. The molecule has 0 rings (SSSR count). The number of hydrogen-bond acceptors (Lipinski definition) is 4. The highest BCUT2D eigenvalue weighted by molar-refractivity contribution is 7.91. The Kier molecular flexibility index (Phi) is 3.46. The normalized spacial score (nSPS) is 13.3. The molecular weight excluding hydrogens is 190 g/mol. The van der Waals surface area contributed by atoms with Crippen LogP contribution in [0.1, 0.15) is 6.42 Å². The summed E-state index contributed by atoms with van der Waals surface area (Å²) in [6, 6.07) is 0. The molecule has 67 valence electrons. The Hall–Kier alpha value is -0.140. The van der Waals surface area contributed by atoms with Gasteiger partial charge in [0.15, 0.2) is 0 Å². The number of nitrogens with one attached hydrogen (secondary N) is 1. The molecule has 0 saturated heterocycles. The first-order chi connectivity index (χ1) is 4.71. The molecule has 0 amide bonds. The lowest BCUT2D eigenvalue weighted by atomic mass is 10.6. The maximum absolute atomic E-state index is 10.5. The molecule has 0 atom stereocenters. The minimum atomic E-state index is -3.76. The van der Waals surface area contributed by atoms with Crippen molar-refractivity contribution in [1.82, 2.24) is 5.14 Å². The van der Waals surface area contributed by atoms with Gasteiger partial charge < -0.3 is 0 Å². The third-order valence-corrected chi connectivity index (χ3v) is 2.78. The lowest BCUT2D eigenvalue weighted by molar-refractivity contribution is 0.592. The number of hydrogen-bond donors (Lipinski definition) is 0. The summed E-state index contributed by atoms with van der Waals surface area (Å²) in [6.45, 7) is 0. The molecule has 0 aliphatic rings. The van der Waals surface area contributed by atoms with E-state index in [1.165, 1.54) is 0 Å². The van der Waals surface area contributed by atoms with Crippen LogP contribution in [0.4, 0.5) is 0 Å². The molecule has 0 aromatic carbocycles. The smallest absolute Gasteiger partial charge is 0.225 e. The van der Waals surface area contributed by atoms with Gasteiger partial charge in [0.2, 0.25) is 10.0 Å². The predicted molar refractivity (Wildman–Crippen MR) is 41.2 cm³/mol. The summed E-state index contributed by atoms with van der Waals surface area (Å²) in [4.78, 5) is 0. The molecule has 0 aliphatic carbocycles. The van der Waals surface area contributed by atoms with E-state index in [4.69, 9.17) is 5.14 Å². The molecule has 1 radical (unpaired) electrons. The van der Waals surface area contributed by atoms with Gasteiger partial charge >= 0.3 is 0 Å². The average molecular weight is 200 g/mol. The van der Waals surface area contributed by atoms with Gasteiger partial charge in [-0.15, -0.1) is 5.14 Å². The van der Waals surface area contributed by atoms with Crippen LogP contribution in [0, 0.1) is 0 Å². The summed E-state index contributed by atoms with van der Waals surface area (Å²) in [5.74, 6) is -0.564. The fourth-order valence-corrected chi connectivity index (χ4v) is 1.89. The van der Waals surface area contributed by atoms with Gasteiger partial charge in [-0.3, -0.25) is 0 Å². The van der Waals surface area contributed by atoms with Crippen molar-refractivity contribution in [2.75, 3.05) is 17.8 Å². The minimum absolute atomic E-state index is 0.00463. The SMILES string of the molecule is CS(=O)(=O)CCCS([NH])(=O)=O. The zero-order chi connectivity index (χ0) is 9.12. The molecule has 1 N–H and O–H groups in total. The van der Waals surface area contributed by atoms with E-state index in [2.05, 4.69) is 0 Å². The van der Waals surface area contributed by atoms with Crippen molar-refractivity contribution in [3.05, 3.63) is 0 Å². The van der Waals surface area contributed by atoms with Crippen LogP contribution in [0.3, 0.4) is 0 Å². The molecular formula is C4H10NO4S2. The number of rotatable bonds is 4. The fourth-order valence-electron chi connectivity index (χ4n) is 0.511. The Morgan fingerprint density at radius 3 is 1.82 bits per heavy atom. The predicted octanol–water partition coefficient (Wildman–Crippen LogP) is -0.966. The van der Waals surface area contributed by atoms with E-state index < -0.39 is 19.9 Å². The highest BCUT2D eigenvalue weighted by Crippen LogP contribution is 1.92. The van der Waals surface area contributed by atoms with Crippen LogP contribution < -0.4 is 5.14 Å². The van der Waals surface area contributed by atoms with Crippen LogP contribution in [-0.2, 0) is 19.9 Å². The van der Waals surface area contributed by atoms with E-state index in [0.29, 0.717) is 0 Å². The van der Waals surface area contributed by atoms with E-state index in [1.54, 1.807) is 0 Å². The van der Waals surface area contributed by atoms with E-state index in [-0.39, 0.29) is 17.9 Å². The van der Waals surface area contributed by atoms with Crippen molar-refractivity contribution in [2.45, 2.75) is 6.42 Å². The molecule has 0 saturated carbocycles. The first-order valence-electron chi connectivity index (χ1n) is 2.86. The van der Waals surface area contributed by atoms with Gasteiger partial charge in [-0.05, 0) is 6.42 Å². The number of sulfonamides is 1. The summed E-state index contributed by atoms with van der Waals surface area (Å²) >= 11 is 0. The minimum Gasteiger partial charge on any atom is -0.229 e. The zero-order valence-corrected chi connectivity index (χ0v) is 7.70. The highest BCUT2D eigenvalue weighted by atomic mass is 32.2. The van der Waals surface area contributed by atoms with Gasteiger partial charge in [-0.1, -0.05) is 0 Å². The van der Waals surface area contributed by atoms with Crippen LogP contribution in [0.25, 0.3) is 0 Å². The van der Waals surface area contributed by atoms with Crippen LogP contribution in [-0.4, -0.2) is 34.6 Å². The second-order valence-electron chi connectivity index (χ2n) is 2.30. The van der Waals surface area contributed by atoms with Crippen molar-refractivity contribution in [3.63, 3.8) is 0 Å². The quantitative estimate of drug-likeness (QED) is 0.584. The van der Waals surface area contributed by atoms with Crippen LogP contribution in [0.5, 0.6) is 0 Å². The molecule has 0 aliphatic heterocycles. The summed E-state index contributed by atoms with van der Waals surface area (Å²) in [7, 11) is -6.86. The van der Waals surface area contributed by atoms with Gasteiger partial charge in [0.1, 0.15) is 9.84 Å². The van der Waals surface area contributed by atoms with E-state index in [0.717, 1.165) is 6.26 Å². The summed E-state index contributed by atoms with van der Waals surface area (Å²) in [6.07, 6.45) is 1.04. The maximum atomic E-state index is 10.5. The Bertz CT molecular complexity index is 269. The topological polar surface area (TPSA) is 92.1 Å². The monoisotopic (exact) mass is 200 g/mol. The van der Waals surface area contributed by atoms with Crippen LogP contribution >= 0.6 is 0 Å². The second-order valence-corrected chi connectivity index (χ2v) is 6.20. The average Bonchev–Trinajstić information content (AvgIpc) is 1.55. The highest BCUT2D eigenvalue weighted by Gasteiger charge is 2.07. The molecule has 0 spiro atoms. The summed E-state index contributed by atoms with van der Waals surface area (Å²) < 4.78 is 41.3. The van der Waals surface area contributed by atoms with Crippen molar-refractivity contribution in [3.8, 4) is 0 Å². The molecule has 0 bridgehead atoms. The first-order valence-corrected chi connectivity index (χ1v) is 6.57. The Morgan fingerprint density at radius 2 is 1.55 bits per heavy atom. The largest absolute Gasteiger partial charge is 0.229 e. The molecule has 5 nitrogen and oxygen atoms in total. The van der Waals surface area contributed by atoms with E-state index >= 15 is 0 Å². The first kappa shape index (κ1) is 10.9.